The summed E-state index contributed by atoms with van der Waals surface area (Å²) in [7, 11) is -1.67. The highest BCUT2D eigenvalue weighted by atomic mass is 32.3. The van der Waals surface area contributed by atoms with Gasteiger partial charge in [0, 0.05) is 19.7 Å². The molecule has 0 unspecified atom stereocenters. The fourth-order valence-electron chi connectivity index (χ4n) is 1.87. The van der Waals surface area contributed by atoms with Crippen molar-refractivity contribution in [1.29, 1.82) is 0 Å². The lowest BCUT2D eigenvalue weighted by Gasteiger charge is -2.11. The van der Waals surface area contributed by atoms with Crippen molar-refractivity contribution in [2.24, 2.45) is 0 Å². The predicted octanol–water partition coefficient (Wildman–Crippen LogP) is 2.56. The first-order valence-corrected chi connectivity index (χ1v) is 8.23. The minimum absolute atomic E-state index is 0.0825. The monoisotopic (exact) mass is 353 g/mol. The minimum atomic E-state index is -5.03. The van der Waals surface area contributed by atoms with Crippen LogP contribution in [0.4, 0.5) is 3.89 Å². The smallest absolute Gasteiger partial charge is 0.488 e. The highest BCUT2D eigenvalue weighted by Crippen LogP contribution is 2.20. The summed E-state index contributed by atoms with van der Waals surface area (Å²) < 4.78 is 42.7. The average molecular weight is 353 g/mol. The van der Waals surface area contributed by atoms with Crippen LogP contribution in [0, 0.1) is 0 Å². The second kappa shape index (κ2) is 7.31. The molecule has 0 atom stereocenters. The van der Waals surface area contributed by atoms with Crippen LogP contribution in [0.25, 0.3) is 0 Å². The zero-order chi connectivity index (χ0) is 17.7. The molecule has 2 aromatic rings. The van der Waals surface area contributed by atoms with Gasteiger partial charge in [0.2, 0.25) is 0 Å². The van der Waals surface area contributed by atoms with Crippen LogP contribution in [-0.2, 0) is 17.1 Å². The van der Waals surface area contributed by atoms with Gasteiger partial charge in [-0.3, -0.25) is 4.79 Å². The summed E-state index contributed by atoms with van der Waals surface area (Å²) in [6, 6.07) is 12.5. The molecule has 2 rings (SSSR count). The molecule has 0 aromatic heterocycles. The normalized spacial score (nSPS) is 11.0. The molecule has 8 heteroatoms. The zero-order valence-corrected chi connectivity index (χ0v) is 13.9. The first-order valence-electron chi connectivity index (χ1n) is 6.92. The van der Waals surface area contributed by atoms with Crippen LogP contribution in [0.5, 0.6) is 11.5 Å². The molecule has 0 heterocycles. The second-order valence-corrected chi connectivity index (χ2v) is 6.09. The van der Waals surface area contributed by atoms with E-state index in [0.717, 1.165) is 5.56 Å². The molecule has 0 aliphatic heterocycles. The third-order valence-electron chi connectivity index (χ3n) is 3.03. The zero-order valence-electron chi connectivity index (χ0n) is 13.1. The van der Waals surface area contributed by atoms with Crippen molar-refractivity contribution in [3.63, 3.8) is 0 Å². The molecule has 0 saturated carbocycles. The molecule has 24 heavy (non-hydrogen) atoms. The first kappa shape index (κ1) is 17.7. The number of amides is 1. The summed E-state index contributed by atoms with van der Waals surface area (Å²) in [5, 5.41) is 0. The number of hydrogen-bond donors (Lipinski definition) is 0. The number of carbonyl (C=O) groups is 1. The number of ether oxygens (including phenoxy) is 1. The molecule has 2 aromatic carbocycles. The molecule has 0 N–H and O–H groups in total. The number of halogens is 1. The Morgan fingerprint density at radius 3 is 2.04 bits per heavy atom. The van der Waals surface area contributed by atoms with Crippen molar-refractivity contribution in [2.45, 2.75) is 6.61 Å². The van der Waals surface area contributed by atoms with Gasteiger partial charge in [-0.2, -0.15) is 8.42 Å². The SMILES string of the molecule is CN(C)C(=O)c1ccc(COc2ccc(OS(=O)(=O)F)cc2)cc1. The van der Waals surface area contributed by atoms with E-state index in [1.165, 1.54) is 29.2 Å². The molecule has 0 saturated heterocycles. The van der Waals surface area contributed by atoms with E-state index in [2.05, 4.69) is 4.18 Å². The molecular formula is C16H16FNO5S. The Hall–Kier alpha value is -2.61. The largest absolute Gasteiger partial charge is 0.489 e. The van der Waals surface area contributed by atoms with E-state index in [0.29, 0.717) is 11.3 Å². The van der Waals surface area contributed by atoms with Crippen LogP contribution < -0.4 is 8.92 Å². The average Bonchev–Trinajstić information content (AvgIpc) is 2.52. The summed E-state index contributed by atoms with van der Waals surface area (Å²) in [4.78, 5) is 13.3. The van der Waals surface area contributed by atoms with Gasteiger partial charge in [-0.25, -0.2) is 0 Å². The topological polar surface area (TPSA) is 72.9 Å². The lowest BCUT2D eigenvalue weighted by atomic mass is 10.1. The number of rotatable bonds is 6. The Kier molecular flexibility index (Phi) is 5.40. The van der Waals surface area contributed by atoms with E-state index < -0.39 is 10.5 Å². The quantitative estimate of drug-likeness (QED) is 0.746. The standard InChI is InChI=1S/C16H16FNO5S/c1-18(2)16(19)13-5-3-12(4-6-13)11-22-14-7-9-15(10-8-14)23-24(17,20)21/h3-10H,11H2,1-2H3. The van der Waals surface area contributed by atoms with E-state index in [4.69, 9.17) is 4.74 Å². The van der Waals surface area contributed by atoms with Gasteiger partial charge in [-0.05, 0) is 42.0 Å². The molecule has 0 aliphatic rings. The number of nitrogens with zero attached hydrogens (tertiary/aromatic N) is 1. The fraction of sp³-hybridized carbons (Fsp3) is 0.188. The van der Waals surface area contributed by atoms with Gasteiger partial charge in [0.25, 0.3) is 5.91 Å². The van der Waals surface area contributed by atoms with Gasteiger partial charge >= 0.3 is 10.5 Å². The number of hydrogen-bond acceptors (Lipinski definition) is 5. The van der Waals surface area contributed by atoms with Crippen molar-refractivity contribution >= 4 is 16.4 Å². The molecule has 0 aliphatic carbocycles. The van der Waals surface area contributed by atoms with Crippen molar-refractivity contribution < 1.29 is 26.0 Å². The van der Waals surface area contributed by atoms with E-state index in [1.54, 1.807) is 38.4 Å². The summed E-state index contributed by atoms with van der Waals surface area (Å²) >= 11 is 0. The Morgan fingerprint density at radius 2 is 1.54 bits per heavy atom. The highest BCUT2D eigenvalue weighted by molar-refractivity contribution is 7.81. The van der Waals surface area contributed by atoms with Gasteiger partial charge < -0.3 is 13.8 Å². The molecule has 128 valence electrons. The molecule has 0 spiro atoms. The minimum Gasteiger partial charge on any atom is -0.489 e. The van der Waals surface area contributed by atoms with Gasteiger partial charge in [-0.15, -0.1) is 0 Å². The fourth-order valence-corrected chi connectivity index (χ4v) is 2.22. The Labute approximate surface area is 139 Å². The van der Waals surface area contributed by atoms with E-state index in [-0.39, 0.29) is 18.3 Å². The van der Waals surface area contributed by atoms with Crippen LogP contribution in [0.3, 0.4) is 0 Å². The lowest BCUT2D eigenvalue weighted by molar-refractivity contribution is 0.0827. The van der Waals surface area contributed by atoms with Crippen molar-refractivity contribution in [1.82, 2.24) is 4.90 Å². The van der Waals surface area contributed by atoms with Crippen LogP contribution in [0.1, 0.15) is 15.9 Å². The maximum absolute atomic E-state index is 12.4. The molecule has 1 amide bonds. The number of carbonyl (C=O) groups excluding carboxylic acids is 1. The van der Waals surface area contributed by atoms with Gasteiger partial charge in [0.1, 0.15) is 18.1 Å². The summed E-state index contributed by atoms with van der Waals surface area (Å²) in [6.45, 7) is 0.262. The maximum atomic E-state index is 12.4. The number of benzene rings is 2. The summed E-state index contributed by atoms with van der Waals surface area (Å²) in [5.41, 5.74) is 1.44. The van der Waals surface area contributed by atoms with Crippen LogP contribution in [0.2, 0.25) is 0 Å². The Bertz CT molecular complexity index is 801. The predicted molar refractivity (Wildman–Crippen MR) is 85.9 cm³/mol. The van der Waals surface area contributed by atoms with E-state index in [9.17, 15) is 17.1 Å². The summed E-state index contributed by atoms with van der Waals surface area (Å²) in [5.74, 6) is 0.240. The van der Waals surface area contributed by atoms with Crippen molar-refractivity contribution in [3.05, 3.63) is 59.7 Å². The van der Waals surface area contributed by atoms with E-state index >= 15 is 0 Å². The lowest BCUT2D eigenvalue weighted by Crippen LogP contribution is -2.21. The third kappa shape index (κ3) is 5.24. The van der Waals surface area contributed by atoms with Gasteiger partial charge in [-0.1, -0.05) is 16.0 Å². The molecule has 0 fully saturated rings. The summed E-state index contributed by atoms with van der Waals surface area (Å²) in [6.07, 6.45) is 0. The van der Waals surface area contributed by atoms with E-state index in [1.807, 2.05) is 0 Å². The van der Waals surface area contributed by atoms with Crippen molar-refractivity contribution in [2.75, 3.05) is 14.1 Å². The van der Waals surface area contributed by atoms with Gasteiger partial charge in [0.15, 0.2) is 0 Å². The molecule has 6 nitrogen and oxygen atoms in total. The van der Waals surface area contributed by atoms with Crippen LogP contribution in [0.15, 0.2) is 48.5 Å². The van der Waals surface area contributed by atoms with Crippen molar-refractivity contribution in [3.8, 4) is 11.5 Å². The maximum Gasteiger partial charge on any atom is 0.488 e. The van der Waals surface area contributed by atoms with Crippen LogP contribution in [-0.4, -0.2) is 33.3 Å². The molecule has 0 radical (unpaired) electrons. The first-order chi connectivity index (χ1) is 11.2. The van der Waals surface area contributed by atoms with Gasteiger partial charge in [0.05, 0.1) is 0 Å². The molecule has 0 bridgehead atoms. The van der Waals surface area contributed by atoms with Crippen LogP contribution >= 0.6 is 0 Å². The Balaban J connectivity index is 1.95. The highest BCUT2D eigenvalue weighted by Gasteiger charge is 2.10. The third-order valence-corrected chi connectivity index (χ3v) is 3.42. The Morgan fingerprint density at radius 1 is 1.00 bits per heavy atom. The second-order valence-electron chi connectivity index (χ2n) is 5.13. The molecular weight excluding hydrogens is 337 g/mol.